The third-order valence-electron chi connectivity index (χ3n) is 5.77. The van der Waals surface area contributed by atoms with Crippen molar-refractivity contribution in [2.45, 2.75) is 51.9 Å². The second kappa shape index (κ2) is 8.05. The topological polar surface area (TPSA) is 59.2 Å². The average Bonchev–Trinajstić information content (AvgIpc) is 3.33. The number of amides is 1. The van der Waals surface area contributed by atoms with Crippen molar-refractivity contribution in [2.75, 3.05) is 13.1 Å². The molecule has 1 amide bonds. The molecule has 0 spiro atoms. The molecular formula is C25H29N3O2. The number of aryl methyl sites for hydroxylation is 1. The summed E-state index contributed by atoms with van der Waals surface area (Å²) in [6.45, 7) is 10.0. The number of hydrogen-bond donors (Lipinski definition) is 0. The molecule has 1 aliphatic rings. The number of carbonyl (C=O) groups is 1. The van der Waals surface area contributed by atoms with Gasteiger partial charge in [-0.25, -0.2) is 0 Å². The van der Waals surface area contributed by atoms with Crippen LogP contribution < -0.4 is 0 Å². The van der Waals surface area contributed by atoms with E-state index in [4.69, 9.17) is 4.52 Å². The van der Waals surface area contributed by atoms with Crippen molar-refractivity contribution in [3.63, 3.8) is 0 Å². The zero-order valence-corrected chi connectivity index (χ0v) is 18.2. The number of hydrogen-bond acceptors (Lipinski definition) is 4. The van der Waals surface area contributed by atoms with Crippen molar-refractivity contribution >= 4 is 5.91 Å². The predicted octanol–water partition coefficient (Wildman–Crippen LogP) is 4.90. The van der Waals surface area contributed by atoms with Crippen LogP contribution in [-0.4, -0.2) is 34.0 Å². The molecule has 1 aliphatic heterocycles. The highest BCUT2D eigenvalue weighted by Crippen LogP contribution is 2.30. The second-order valence-electron chi connectivity index (χ2n) is 9.26. The summed E-state index contributed by atoms with van der Waals surface area (Å²) >= 11 is 0. The molecule has 2 aromatic carbocycles. The molecule has 0 radical (unpaired) electrons. The van der Waals surface area contributed by atoms with E-state index in [2.05, 4.69) is 74.2 Å². The Morgan fingerprint density at radius 3 is 2.60 bits per heavy atom. The van der Waals surface area contributed by atoms with Gasteiger partial charge in [0.1, 0.15) is 0 Å². The van der Waals surface area contributed by atoms with Gasteiger partial charge >= 0.3 is 0 Å². The first-order valence-electron chi connectivity index (χ1n) is 10.6. The molecule has 0 aliphatic carbocycles. The normalized spacial score (nSPS) is 17.0. The zero-order chi connectivity index (χ0) is 21.3. The largest absolute Gasteiger partial charge is 0.342 e. The summed E-state index contributed by atoms with van der Waals surface area (Å²) in [5, 5.41) is 4.16. The molecule has 156 valence electrons. The molecular weight excluding hydrogens is 374 g/mol. The van der Waals surface area contributed by atoms with E-state index in [1.165, 1.54) is 16.7 Å². The minimum atomic E-state index is -0.0369. The van der Waals surface area contributed by atoms with E-state index >= 15 is 0 Å². The van der Waals surface area contributed by atoms with E-state index in [0.717, 1.165) is 12.0 Å². The summed E-state index contributed by atoms with van der Waals surface area (Å²) in [5.74, 6) is 1.25. The van der Waals surface area contributed by atoms with Crippen LogP contribution in [-0.2, 0) is 16.6 Å². The smallest absolute Gasteiger partial charge is 0.232 e. The highest BCUT2D eigenvalue weighted by Gasteiger charge is 2.34. The maximum atomic E-state index is 12.5. The summed E-state index contributed by atoms with van der Waals surface area (Å²) in [6.07, 6.45) is 1.29. The molecule has 1 fully saturated rings. The number of carbonyl (C=O) groups excluding carboxylic acids is 1. The van der Waals surface area contributed by atoms with Crippen molar-refractivity contribution < 1.29 is 9.32 Å². The van der Waals surface area contributed by atoms with Gasteiger partial charge in [-0.2, -0.15) is 4.98 Å². The average molecular weight is 404 g/mol. The third-order valence-corrected chi connectivity index (χ3v) is 5.77. The van der Waals surface area contributed by atoms with Crippen molar-refractivity contribution in [2.24, 2.45) is 0 Å². The van der Waals surface area contributed by atoms with Crippen LogP contribution in [0.5, 0.6) is 0 Å². The molecule has 1 aromatic heterocycles. The van der Waals surface area contributed by atoms with Crippen LogP contribution in [0.15, 0.2) is 53.1 Å². The van der Waals surface area contributed by atoms with E-state index in [1.54, 1.807) is 0 Å². The fourth-order valence-electron chi connectivity index (χ4n) is 3.92. The maximum Gasteiger partial charge on any atom is 0.232 e. The minimum absolute atomic E-state index is 0.0369. The Kier molecular flexibility index (Phi) is 5.46. The van der Waals surface area contributed by atoms with E-state index in [9.17, 15) is 4.79 Å². The van der Waals surface area contributed by atoms with Gasteiger partial charge in [-0.1, -0.05) is 80.0 Å². The lowest BCUT2D eigenvalue weighted by Crippen LogP contribution is -2.27. The van der Waals surface area contributed by atoms with Crippen LogP contribution >= 0.6 is 0 Å². The number of benzene rings is 2. The lowest BCUT2D eigenvalue weighted by Gasteiger charge is -2.18. The molecule has 2 heterocycles. The molecule has 30 heavy (non-hydrogen) atoms. The summed E-state index contributed by atoms with van der Waals surface area (Å²) in [4.78, 5) is 19.0. The quantitative estimate of drug-likeness (QED) is 0.608. The van der Waals surface area contributed by atoms with Crippen LogP contribution in [0.4, 0.5) is 0 Å². The van der Waals surface area contributed by atoms with Gasteiger partial charge in [0.15, 0.2) is 0 Å². The minimum Gasteiger partial charge on any atom is -0.342 e. The SMILES string of the molecule is Cc1cccc(CCN2CC(c3nc(-c4ccc(C(C)(C)C)cc4)no3)CC2=O)c1. The van der Waals surface area contributed by atoms with E-state index in [0.29, 0.717) is 31.2 Å². The van der Waals surface area contributed by atoms with Gasteiger partial charge < -0.3 is 9.42 Å². The fourth-order valence-corrected chi connectivity index (χ4v) is 3.92. The summed E-state index contributed by atoms with van der Waals surface area (Å²) in [6, 6.07) is 16.7. The molecule has 5 heteroatoms. The first-order valence-corrected chi connectivity index (χ1v) is 10.6. The van der Waals surface area contributed by atoms with Gasteiger partial charge in [0.25, 0.3) is 0 Å². The maximum absolute atomic E-state index is 12.5. The van der Waals surface area contributed by atoms with Crippen LogP contribution in [0, 0.1) is 6.92 Å². The summed E-state index contributed by atoms with van der Waals surface area (Å²) in [5.41, 5.74) is 4.80. The standard InChI is InChI=1S/C25H29N3O2/c1-17-6-5-7-18(14-17)12-13-28-16-20(15-22(28)29)24-26-23(27-30-24)19-8-10-21(11-9-19)25(2,3)4/h5-11,14,20H,12-13,15-16H2,1-4H3. The van der Waals surface area contributed by atoms with Crippen LogP contribution in [0.2, 0.25) is 0 Å². The van der Waals surface area contributed by atoms with Gasteiger partial charge in [0, 0.05) is 25.1 Å². The number of rotatable bonds is 5. The molecule has 0 bridgehead atoms. The second-order valence-corrected chi connectivity index (χ2v) is 9.26. The Morgan fingerprint density at radius 2 is 1.90 bits per heavy atom. The Balaban J connectivity index is 1.41. The highest BCUT2D eigenvalue weighted by molar-refractivity contribution is 5.79. The fraction of sp³-hybridized carbons (Fsp3) is 0.400. The van der Waals surface area contributed by atoms with E-state index < -0.39 is 0 Å². The lowest BCUT2D eigenvalue weighted by molar-refractivity contribution is -0.127. The van der Waals surface area contributed by atoms with Gasteiger partial charge in [-0.3, -0.25) is 4.79 Å². The van der Waals surface area contributed by atoms with Crippen LogP contribution in [0.25, 0.3) is 11.4 Å². The zero-order valence-electron chi connectivity index (χ0n) is 18.2. The monoisotopic (exact) mass is 403 g/mol. The van der Waals surface area contributed by atoms with Crippen molar-refractivity contribution in [3.8, 4) is 11.4 Å². The Labute approximate surface area is 178 Å². The Hall–Kier alpha value is -2.95. The summed E-state index contributed by atoms with van der Waals surface area (Å²) in [7, 11) is 0. The van der Waals surface area contributed by atoms with Crippen LogP contribution in [0.3, 0.4) is 0 Å². The van der Waals surface area contributed by atoms with Gasteiger partial charge in [0.2, 0.25) is 17.6 Å². The van der Waals surface area contributed by atoms with Gasteiger partial charge in [-0.05, 0) is 29.9 Å². The Morgan fingerprint density at radius 1 is 1.13 bits per heavy atom. The van der Waals surface area contributed by atoms with Gasteiger partial charge in [-0.15, -0.1) is 0 Å². The molecule has 1 atom stereocenters. The summed E-state index contributed by atoms with van der Waals surface area (Å²) < 4.78 is 5.54. The molecule has 1 unspecified atom stereocenters. The number of likely N-dealkylation sites (tertiary alicyclic amines) is 1. The highest BCUT2D eigenvalue weighted by atomic mass is 16.5. The molecule has 4 rings (SSSR count). The lowest BCUT2D eigenvalue weighted by atomic mass is 9.87. The molecule has 0 N–H and O–H groups in total. The van der Waals surface area contributed by atoms with Crippen LogP contribution in [0.1, 0.15) is 55.7 Å². The Bertz CT molecular complexity index is 1030. The van der Waals surface area contributed by atoms with Crippen molar-refractivity contribution in [1.82, 2.24) is 15.0 Å². The molecule has 0 saturated carbocycles. The molecule has 3 aromatic rings. The predicted molar refractivity (Wildman–Crippen MR) is 117 cm³/mol. The number of aromatic nitrogens is 2. The van der Waals surface area contributed by atoms with Crippen molar-refractivity contribution in [1.29, 1.82) is 0 Å². The first-order chi connectivity index (χ1) is 14.3. The molecule has 1 saturated heterocycles. The first kappa shape index (κ1) is 20.3. The van der Waals surface area contributed by atoms with Crippen molar-refractivity contribution in [3.05, 3.63) is 71.1 Å². The third kappa shape index (κ3) is 4.45. The van der Waals surface area contributed by atoms with E-state index in [1.807, 2.05) is 17.0 Å². The van der Waals surface area contributed by atoms with Gasteiger partial charge in [0.05, 0.1) is 5.92 Å². The number of nitrogens with zero attached hydrogens (tertiary/aromatic N) is 3. The van der Waals surface area contributed by atoms with E-state index in [-0.39, 0.29) is 17.2 Å². The molecule has 5 nitrogen and oxygen atoms in total.